The average molecular weight is 530 g/mol. The number of benzene rings is 2. The molecule has 3 N–H and O–H groups in total. The van der Waals surface area contributed by atoms with Gasteiger partial charge in [0.05, 0.1) is 10.9 Å². The van der Waals surface area contributed by atoms with Gasteiger partial charge in [0.25, 0.3) is 0 Å². The Balaban J connectivity index is 1.29. The molecule has 9 nitrogen and oxygen atoms in total. The monoisotopic (exact) mass is 529 g/mol. The molecule has 0 radical (unpaired) electrons. The number of carbonyl (C=O) groups is 1. The predicted octanol–water partition coefficient (Wildman–Crippen LogP) is 4.41. The molecule has 0 bridgehead atoms. The third-order valence-electron chi connectivity index (χ3n) is 7.44. The van der Waals surface area contributed by atoms with Crippen molar-refractivity contribution in [1.82, 2.24) is 19.9 Å². The molecule has 10 heteroatoms. The number of aromatic nitrogens is 3. The van der Waals surface area contributed by atoms with Crippen LogP contribution in [0.4, 0.5) is 27.5 Å². The van der Waals surface area contributed by atoms with Crippen LogP contribution >= 0.6 is 0 Å². The van der Waals surface area contributed by atoms with Crippen LogP contribution in [-0.4, -0.2) is 78.1 Å². The second-order valence-electron chi connectivity index (χ2n) is 10.2. The maximum absolute atomic E-state index is 13.5. The summed E-state index contributed by atoms with van der Waals surface area (Å²) in [5.74, 6) is 0.394. The van der Waals surface area contributed by atoms with E-state index in [2.05, 4.69) is 49.6 Å². The van der Waals surface area contributed by atoms with Gasteiger partial charge >= 0.3 is 0 Å². The molecule has 2 aromatic carbocycles. The molecule has 0 unspecified atom stereocenters. The minimum Gasteiger partial charge on any atom is -0.381 e. The molecule has 2 aromatic heterocycles. The predicted molar refractivity (Wildman–Crippen MR) is 151 cm³/mol. The number of likely N-dealkylation sites (N-methyl/N-ethyl adjacent to an activating group) is 1. The molecule has 0 atom stereocenters. The number of piperazine rings is 1. The van der Waals surface area contributed by atoms with Crippen molar-refractivity contribution in [3.05, 3.63) is 71.7 Å². The highest BCUT2D eigenvalue weighted by Crippen LogP contribution is 2.30. The second-order valence-corrected chi connectivity index (χ2v) is 10.2. The molecular formula is C29H32FN7O2. The van der Waals surface area contributed by atoms with E-state index in [0.717, 1.165) is 44.7 Å². The van der Waals surface area contributed by atoms with E-state index in [9.17, 15) is 9.18 Å². The number of fused-ring (bicyclic) bond motifs is 1. The van der Waals surface area contributed by atoms with Crippen LogP contribution in [0.1, 0.15) is 28.8 Å². The zero-order valence-electron chi connectivity index (χ0n) is 21.9. The number of aromatic amines is 1. The number of ether oxygens (including phenoxy) is 1. The van der Waals surface area contributed by atoms with Gasteiger partial charge in [-0.1, -0.05) is 0 Å². The minimum absolute atomic E-state index is 0.163. The lowest BCUT2D eigenvalue weighted by Gasteiger charge is -2.34. The fraction of sp³-hybridized carbons (Fsp3) is 0.345. The molecule has 0 spiro atoms. The summed E-state index contributed by atoms with van der Waals surface area (Å²) in [7, 11) is 2.15. The molecule has 4 heterocycles. The van der Waals surface area contributed by atoms with Crippen molar-refractivity contribution in [3.63, 3.8) is 0 Å². The molecular weight excluding hydrogens is 497 g/mol. The first-order chi connectivity index (χ1) is 19.0. The smallest absolute Gasteiger partial charge is 0.231 e. The highest BCUT2D eigenvalue weighted by atomic mass is 19.1. The molecule has 39 heavy (non-hydrogen) atoms. The maximum atomic E-state index is 13.5. The molecule has 202 valence electrons. The van der Waals surface area contributed by atoms with Gasteiger partial charge in [-0.2, -0.15) is 9.97 Å². The summed E-state index contributed by atoms with van der Waals surface area (Å²) in [5.41, 5.74) is 3.45. The van der Waals surface area contributed by atoms with Gasteiger partial charge in [-0.15, -0.1) is 0 Å². The van der Waals surface area contributed by atoms with Crippen LogP contribution in [0.15, 0.2) is 54.7 Å². The van der Waals surface area contributed by atoms with Gasteiger partial charge < -0.3 is 30.2 Å². The van der Waals surface area contributed by atoms with E-state index in [4.69, 9.17) is 9.72 Å². The lowest BCUT2D eigenvalue weighted by Crippen LogP contribution is -2.44. The van der Waals surface area contributed by atoms with Gasteiger partial charge in [0, 0.05) is 68.6 Å². The highest BCUT2D eigenvalue weighted by Gasteiger charge is 2.23. The largest absolute Gasteiger partial charge is 0.381 e. The van der Waals surface area contributed by atoms with Gasteiger partial charge in [0.15, 0.2) is 5.78 Å². The summed E-state index contributed by atoms with van der Waals surface area (Å²) < 4.78 is 19.0. The Morgan fingerprint density at radius 1 is 1.00 bits per heavy atom. The van der Waals surface area contributed by atoms with E-state index in [1.807, 2.05) is 12.1 Å². The number of anilines is 4. The minimum atomic E-state index is -0.386. The third-order valence-corrected chi connectivity index (χ3v) is 7.44. The Morgan fingerprint density at radius 3 is 2.44 bits per heavy atom. The van der Waals surface area contributed by atoms with E-state index >= 15 is 0 Å². The van der Waals surface area contributed by atoms with Crippen molar-refractivity contribution in [2.24, 2.45) is 0 Å². The molecule has 2 aliphatic rings. The Labute approximate surface area is 226 Å². The van der Waals surface area contributed by atoms with Crippen molar-refractivity contribution in [2.45, 2.75) is 18.9 Å². The SMILES string of the molecule is CN1CCN(c2ccc(Nc3nc(NC4CCOCC4)c4c(C(=O)c5ccc(F)cc5)c[nH]c4n3)cc2)CC1. The van der Waals surface area contributed by atoms with Gasteiger partial charge in [0.2, 0.25) is 5.95 Å². The van der Waals surface area contributed by atoms with E-state index in [1.165, 1.54) is 30.0 Å². The summed E-state index contributed by atoms with van der Waals surface area (Å²) in [6.07, 6.45) is 3.33. The van der Waals surface area contributed by atoms with Crippen LogP contribution in [0, 0.1) is 5.82 Å². The van der Waals surface area contributed by atoms with Crippen molar-refractivity contribution in [3.8, 4) is 0 Å². The lowest BCUT2D eigenvalue weighted by atomic mass is 10.0. The number of ketones is 1. The summed E-state index contributed by atoms with van der Waals surface area (Å²) in [5, 5.41) is 7.48. The number of H-pyrrole nitrogens is 1. The third kappa shape index (κ3) is 5.57. The normalized spacial score (nSPS) is 16.9. The topological polar surface area (TPSA) is 98.4 Å². The van der Waals surface area contributed by atoms with Crippen molar-refractivity contribution in [2.75, 3.05) is 62.0 Å². The van der Waals surface area contributed by atoms with Crippen LogP contribution in [-0.2, 0) is 4.74 Å². The molecule has 0 aliphatic carbocycles. The molecule has 2 aliphatic heterocycles. The van der Waals surface area contributed by atoms with E-state index < -0.39 is 0 Å². The number of hydrogen-bond acceptors (Lipinski definition) is 8. The Bertz CT molecular complexity index is 1440. The second kappa shape index (κ2) is 11.0. The molecule has 2 saturated heterocycles. The number of nitrogens with zero attached hydrogens (tertiary/aromatic N) is 4. The first kappa shape index (κ1) is 25.3. The van der Waals surface area contributed by atoms with Crippen LogP contribution in [0.3, 0.4) is 0 Å². The first-order valence-electron chi connectivity index (χ1n) is 13.4. The summed E-state index contributed by atoms with van der Waals surface area (Å²) >= 11 is 0. The van der Waals surface area contributed by atoms with Gasteiger partial charge in [-0.25, -0.2) is 4.39 Å². The average Bonchev–Trinajstić information content (AvgIpc) is 3.39. The zero-order valence-corrected chi connectivity index (χ0v) is 21.9. The fourth-order valence-electron chi connectivity index (χ4n) is 5.11. The standard InChI is InChI=1S/C29H32FN7O2/c1-36-12-14-37(15-13-36)23-8-6-21(7-9-23)33-29-34-27-25(28(35-29)32-22-10-16-39-17-11-22)24(18-31-27)26(38)19-2-4-20(30)5-3-19/h2-9,18,22H,10-17H2,1H3,(H3,31,32,33,34,35). The van der Waals surface area contributed by atoms with Gasteiger partial charge in [0.1, 0.15) is 17.3 Å². The molecule has 6 rings (SSSR count). The summed E-state index contributed by atoms with van der Waals surface area (Å²) in [6, 6.07) is 14.0. The maximum Gasteiger partial charge on any atom is 0.231 e. The van der Waals surface area contributed by atoms with E-state index in [-0.39, 0.29) is 17.6 Å². The van der Waals surface area contributed by atoms with Gasteiger partial charge in [-0.3, -0.25) is 4.79 Å². The van der Waals surface area contributed by atoms with Crippen LogP contribution in [0.5, 0.6) is 0 Å². The van der Waals surface area contributed by atoms with E-state index in [0.29, 0.717) is 47.1 Å². The fourth-order valence-corrected chi connectivity index (χ4v) is 5.11. The number of halogens is 1. The van der Waals surface area contributed by atoms with Gasteiger partial charge in [-0.05, 0) is 68.4 Å². The van der Waals surface area contributed by atoms with Crippen LogP contribution < -0.4 is 15.5 Å². The number of nitrogens with one attached hydrogen (secondary N) is 3. The number of hydrogen-bond donors (Lipinski definition) is 3. The van der Waals surface area contributed by atoms with Crippen molar-refractivity contribution in [1.29, 1.82) is 0 Å². The Hall–Kier alpha value is -4.02. The Morgan fingerprint density at radius 2 is 1.72 bits per heavy atom. The zero-order chi connectivity index (χ0) is 26.8. The van der Waals surface area contributed by atoms with Crippen molar-refractivity contribution >= 4 is 40.0 Å². The van der Waals surface area contributed by atoms with Crippen LogP contribution in [0.2, 0.25) is 0 Å². The van der Waals surface area contributed by atoms with E-state index in [1.54, 1.807) is 6.20 Å². The number of carbonyl (C=O) groups excluding carboxylic acids is 1. The van der Waals surface area contributed by atoms with Crippen LogP contribution in [0.25, 0.3) is 11.0 Å². The number of rotatable bonds is 7. The molecule has 0 amide bonds. The Kier molecular flexibility index (Phi) is 7.12. The molecule has 4 aromatic rings. The van der Waals surface area contributed by atoms with Crippen molar-refractivity contribution < 1.29 is 13.9 Å². The summed E-state index contributed by atoms with van der Waals surface area (Å²) in [4.78, 5) is 30.7. The lowest BCUT2D eigenvalue weighted by molar-refractivity contribution is 0.0904. The molecule has 0 saturated carbocycles. The highest BCUT2D eigenvalue weighted by molar-refractivity contribution is 6.18. The summed E-state index contributed by atoms with van der Waals surface area (Å²) in [6.45, 7) is 5.47. The molecule has 2 fully saturated rings. The quantitative estimate of drug-likeness (QED) is 0.303. The first-order valence-corrected chi connectivity index (χ1v) is 13.4.